The Morgan fingerprint density at radius 1 is 1.40 bits per heavy atom. The summed E-state index contributed by atoms with van der Waals surface area (Å²) in [6.45, 7) is 2.45. The number of nitrogens with one attached hydrogen (secondary N) is 1. The molecule has 5 heteroatoms. The molecule has 0 spiro atoms. The van der Waals surface area contributed by atoms with Crippen molar-refractivity contribution in [2.24, 2.45) is 0 Å². The molecule has 0 atom stereocenters. The van der Waals surface area contributed by atoms with E-state index in [0.717, 1.165) is 16.6 Å². The Bertz CT molecular complexity index is 819. The van der Waals surface area contributed by atoms with E-state index in [1.807, 2.05) is 19.1 Å². The van der Waals surface area contributed by atoms with Gasteiger partial charge >= 0.3 is 0 Å². The molecule has 102 valence electrons. The van der Waals surface area contributed by atoms with Crippen LogP contribution in [0.3, 0.4) is 0 Å². The van der Waals surface area contributed by atoms with E-state index in [1.54, 1.807) is 17.0 Å². The van der Waals surface area contributed by atoms with Gasteiger partial charge in [0.05, 0.1) is 11.0 Å². The maximum Gasteiger partial charge on any atom is 0.251 e. The molecule has 0 amide bonds. The standard InChI is InChI=1S/C15H14FN3O/c1-2-11-6-13-14(18-15(11)20)5-10(7-17-13)8-19-4-3-12(16)9-19/h3-7,9H,2,8H2,1H3,(H,18,20). The van der Waals surface area contributed by atoms with Crippen molar-refractivity contribution in [3.05, 3.63) is 64.1 Å². The average molecular weight is 271 g/mol. The van der Waals surface area contributed by atoms with Crippen molar-refractivity contribution in [3.63, 3.8) is 0 Å². The summed E-state index contributed by atoms with van der Waals surface area (Å²) in [6.07, 6.45) is 5.52. The number of halogens is 1. The topological polar surface area (TPSA) is 50.7 Å². The first kappa shape index (κ1) is 12.6. The monoisotopic (exact) mass is 271 g/mol. The summed E-state index contributed by atoms with van der Waals surface area (Å²) in [6, 6.07) is 5.10. The zero-order valence-corrected chi connectivity index (χ0v) is 11.1. The minimum atomic E-state index is -0.264. The zero-order chi connectivity index (χ0) is 14.1. The molecule has 0 aromatic carbocycles. The highest BCUT2D eigenvalue weighted by Gasteiger charge is 2.04. The van der Waals surface area contributed by atoms with Crippen LogP contribution in [0, 0.1) is 5.82 Å². The van der Waals surface area contributed by atoms with Gasteiger partial charge < -0.3 is 9.55 Å². The quantitative estimate of drug-likeness (QED) is 0.795. The molecule has 4 nitrogen and oxygen atoms in total. The van der Waals surface area contributed by atoms with Crippen molar-refractivity contribution in [2.75, 3.05) is 0 Å². The lowest BCUT2D eigenvalue weighted by Crippen LogP contribution is -2.12. The van der Waals surface area contributed by atoms with Crippen LogP contribution in [0.2, 0.25) is 0 Å². The van der Waals surface area contributed by atoms with Crippen molar-refractivity contribution in [2.45, 2.75) is 19.9 Å². The van der Waals surface area contributed by atoms with Crippen LogP contribution in [0.5, 0.6) is 0 Å². The van der Waals surface area contributed by atoms with Crippen molar-refractivity contribution >= 4 is 11.0 Å². The summed E-state index contributed by atoms with van der Waals surface area (Å²) >= 11 is 0. The number of rotatable bonds is 3. The fourth-order valence-corrected chi connectivity index (χ4v) is 2.24. The Morgan fingerprint density at radius 2 is 2.25 bits per heavy atom. The summed E-state index contributed by atoms with van der Waals surface area (Å²) in [5.41, 5.74) is 3.03. The van der Waals surface area contributed by atoms with Crippen LogP contribution >= 0.6 is 0 Å². The van der Waals surface area contributed by atoms with Crippen LogP contribution in [0.15, 0.2) is 41.6 Å². The van der Waals surface area contributed by atoms with Crippen LogP contribution in [-0.4, -0.2) is 14.5 Å². The molecule has 0 saturated carbocycles. The number of nitrogens with zero attached hydrogens (tertiary/aromatic N) is 2. The summed E-state index contributed by atoms with van der Waals surface area (Å²) in [5.74, 6) is -0.264. The van der Waals surface area contributed by atoms with E-state index >= 15 is 0 Å². The van der Waals surface area contributed by atoms with Gasteiger partial charge in [-0.25, -0.2) is 4.39 Å². The maximum atomic E-state index is 12.9. The minimum Gasteiger partial charge on any atom is -0.347 e. The van der Waals surface area contributed by atoms with Crippen molar-refractivity contribution < 1.29 is 4.39 Å². The van der Waals surface area contributed by atoms with E-state index < -0.39 is 0 Å². The highest BCUT2D eigenvalue weighted by atomic mass is 19.1. The molecule has 0 aliphatic rings. The van der Waals surface area contributed by atoms with E-state index in [1.165, 1.54) is 12.3 Å². The molecule has 0 saturated heterocycles. The zero-order valence-electron chi connectivity index (χ0n) is 11.1. The molecule has 3 aromatic heterocycles. The molecule has 0 bridgehead atoms. The molecular formula is C15H14FN3O. The molecule has 0 radical (unpaired) electrons. The van der Waals surface area contributed by atoms with Gasteiger partial charge in [-0.2, -0.15) is 0 Å². The molecule has 3 heterocycles. The van der Waals surface area contributed by atoms with Gasteiger partial charge in [-0.3, -0.25) is 9.78 Å². The SMILES string of the molecule is CCc1cc2ncc(Cn3ccc(F)c3)cc2[nH]c1=O. The fraction of sp³-hybridized carbons (Fsp3) is 0.200. The highest BCUT2D eigenvalue weighted by molar-refractivity contribution is 5.74. The van der Waals surface area contributed by atoms with Crippen LogP contribution in [-0.2, 0) is 13.0 Å². The lowest BCUT2D eigenvalue weighted by atomic mass is 10.1. The van der Waals surface area contributed by atoms with E-state index in [-0.39, 0.29) is 11.4 Å². The van der Waals surface area contributed by atoms with Gasteiger partial charge in [0.1, 0.15) is 5.82 Å². The normalized spacial score (nSPS) is 11.1. The van der Waals surface area contributed by atoms with Crippen molar-refractivity contribution in [3.8, 4) is 0 Å². The third-order valence-corrected chi connectivity index (χ3v) is 3.29. The Labute approximate surface area is 114 Å². The van der Waals surface area contributed by atoms with Crippen LogP contribution in [0.4, 0.5) is 4.39 Å². The first-order valence-corrected chi connectivity index (χ1v) is 6.48. The van der Waals surface area contributed by atoms with E-state index in [0.29, 0.717) is 18.5 Å². The van der Waals surface area contributed by atoms with Gasteiger partial charge in [0.25, 0.3) is 5.56 Å². The van der Waals surface area contributed by atoms with Gasteiger partial charge in [0, 0.05) is 30.7 Å². The second-order valence-corrected chi connectivity index (χ2v) is 4.76. The Morgan fingerprint density at radius 3 is 2.95 bits per heavy atom. The number of aryl methyl sites for hydroxylation is 1. The molecule has 3 rings (SSSR count). The molecule has 3 aromatic rings. The molecule has 1 N–H and O–H groups in total. The smallest absolute Gasteiger partial charge is 0.251 e. The van der Waals surface area contributed by atoms with Gasteiger partial charge in [-0.05, 0) is 30.2 Å². The average Bonchev–Trinajstić information content (AvgIpc) is 2.83. The van der Waals surface area contributed by atoms with Gasteiger partial charge in [-0.1, -0.05) is 6.92 Å². The van der Waals surface area contributed by atoms with Gasteiger partial charge in [-0.15, -0.1) is 0 Å². The van der Waals surface area contributed by atoms with Crippen molar-refractivity contribution in [1.29, 1.82) is 0 Å². The number of aromatic amines is 1. The second-order valence-electron chi connectivity index (χ2n) is 4.76. The number of hydrogen-bond donors (Lipinski definition) is 1. The molecule has 20 heavy (non-hydrogen) atoms. The van der Waals surface area contributed by atoms with E-state index in [9.17, 15) is 9.18 Å². The number of pyridine rings is 2. The predicted molar refractivity (Wildman–Crippen MR) is 75.2 cm³/mol. The first-order valence-electron chi connectivity index (χ1n) is 6.48. The number of fused-ring (bicyclic) bond motifs is 1. The maximum absolute atomic E-state index is 12.9. The lowest BCUT2D eigenvalue weighted by molar-refractivity contribution is 0.621. The van der Waals surface area contributed by atoms with Crippen LogP contribution < -0.4 is 5.56 Å². The Balaban J connectivity index is 2.00. The summed E-state index contributed by atoms with van der Waals surface area (Å²) < 4.78 is 14.7. The largest absolute Gasteiger partial charge is 0.347 e. The van der Waals surface area contributed by atoms with E-state index in [2.05, 4.69) is 9.97 Å². The van der Waals surface area contributed by atoms with Crippen LogP contribution in [0.1, 0.15) is 18.1 Å². The molecule has 0 unspecified atom stereocenters. The number of hydrogen-bond acceptors (Lipinski definition) is 2. The summed E-state index contributed by atoms with van der Waals surface area (Å²) in [7, 11) is 0. The number of H-pyrrole nitrogens is 1. The first-order chi connectivity index (χ1) is 9.65. The third kappa shape index (κ3) is 2.34. The Kier molecular flexibility index (Phi) is 3.10. The minimum absolute atomic E-state index is 0.0778. The summed E-state index contributed by atoms with van der Waals surface area (Å²) in [5, 5.41) is 0. The Hall–Kier alpha value is -2.43. The molecule has 0 aliphatic heterocycles. The van der Waals surface area contributed by atoms with Crippen molar-refractivity contribution in [1.82, 2.24) is 14.5 Å². The molecule has 0 fully saturated rings. The predicted octanol–water partition coefficient (Wildman–Crippen LogP) is 2.47. The molecule has 0 aliphatic carbocycles. The number of aromatic nitrogens is 3. The van der Waals surface area contributed by atoms with Gasteiger partial charge in [0.15, 0.2) is 0 Å². The van der Waals surface area contributed by atoms with Gasteiger partial charge in [0.2, 0.25) is 0 Å². The van der Waals surface area contributed by atoms with Crippen LogP contribution in [0.25, 0.3) is 11.0 Å². The lowest BCUT2D eigenvalue weighted by Gasteiger charge is -2.05. The van der Waals surface area contributed by atoms with E-state index in [4.69, 9.17) is 0 Å². The fourth-order valence-electron chi connectivity index (χ4n) is 2.24. The summed E-state index contributed by atoms with van der Waals surface area (Å²) in [4.78, 5) is 19.0. The third-order valence-electron chi connectivity index (χ3n) is 3.29. The second kappa shape index (κ2) is 4.92. The molecular weight excluding hydrogens is 257 g/mol. The highest BCUT2D eigenvalue weighted by Crippen LogP contribution is 2.12.